The molecule has 0 aliphatic carbocycles. The summed E-state index contributed by atoms with van der Waals surface area (Å²) >= 11 is 6.56. The van der Waals surface area contributed by atoms with Crippen LogP contribution in [0.15, 0.2) is 86.4 Å². The smallest absolute Gasteiger partial charge is 0.410 e. The molecule has 11 heteroatoms. The Morgan fingerprint density at radius 2 is 1.72 bits per heavy atom. The van der Waals surface area contributed by atoms with Gasteiger partial charge in [0.05, 0.1) is 17.1 Å². The summed E-state index contributed by atoms with van der Waals surface area (Å²) in [4.78, 5) is 15.3. The van der Waals surface area contributed by atoms with Gasteiger partial charge in [-0.3, -0.25) is 4.79 Å². The first-order chi connectivity index (χ1) is 17.2. The van der Waals surface area contributed by atoms with Crippen LogP contribution >= 0.6 is 31.9 Å². The Labute approximate surface area is 221 Å². The number of aromatic nitrogens is 2. The summed E-state index contributed by atoms with van der Waals surface area (Å²) in [6, 6.07) is 18.8. The quantitative estimate of drug-likeness (QED) is 0.250. The second-order valence-electron chi connectivity index (χ2n) is 8.30. The number of anilines is 2. The van der Waals surface area contributed by atoms with E-state index in [1.807, 2.05) is 36.4 Å². The highest BCUT2D eigenvalue weighted by atomic mass is 79.9. The van der Waals surface area contributed by atoms with Crippen molar-refractivity contribution >= 4 is 49.3 Å². The molecule has 1 aliphatic heterocycles. The van der Waals surface area contributed by atoms with Crippen molar-refractivity contribution in [3.05, 3.63) is 99.0 Å². The zero-order chi connectivity index (χ0) is 25.4. The summed E-state index contributed by atoms with van der Waals surface area (Å²) in [7, 11) is 0. The van der Waals surface area contributed by atoms with Crippen LogP contribution in [-0.2, 0) is 6.54 Å². The van der Waals surface area contributed by atoms with Crippen molar-refractivity contribution in [3.63, 3.8) is 0 Å². The predicted octanol–water partition coefficient (Wildman–Crippen LogP) is 7.51. The van der Waals surface area contributed by atoms with Crippen LogP contribution in [0.5, 0.6) is 0 Å². The first-order valence-electron chi connectivity index (χ1n) is 11.0. The van der Waals surface area contributed by atoms with E-state index in [1.165, 1.54) is 4.90 Å². The summed E-state index contributed by atoms with van der Waals surface area (Å²) in [5.74, 6) is -0.116. The molecule has 1 amide bonds. The number of alkyl halides is 3. The van der Waals surface area contributed by atoms with Crippen molar-refractivity contribution in [1.29, 1.82) is 0 Å². The Morgan fingerprint density at radius 1 is 1.06 bits per heavy atom. The highest BCUT2D eigenvalue weighted by Gasteiger charge is 2.48. The third kappa shape index (κ3) is 4.81. The first-order valence-corrected chi connectivity index (χ1v) is 12.6. The molecule has 0 radical (unpaired) electrons. The molecule has 1 N–H and O–H groups in total. The SMILES string of the molecule is O=C(c1nn2c(c1Br)NC(c1ccc(Br)o1)CC2C(F)(F)F)N(Cc1ccccc1)c1ccccc1. The van der Waals surface area contributed by atoms with Crippen LogP contribution in [0, 0.1) is 0 Å². The van der Waals surface area contributed by atoms with Gasteiger partial charge in [-0.1, -0.05) is 48.5 Å². The fourth-order valence-corrected chi connectivity index (χ4v) is 5.07. The monoisotopic (exact) mass is 622 g/mol. The van der Waals surface area contributed by atoms with E-state index in [9.17, 15) is 18.0 Å². The third-order valence-electron chi connectivity index (χ3n) is 5.93. The summed E-state index contributed by atoms with van der Waals surface area (Å²) in [6.07, 6.45) is -4.93. The fraction of sp³-hybridized carbons (Fsp3) is 0.200. The zero-order valence-corrected chi connectivity index (χ0v) is 21.7. The summed E-state index contributed by atoms with van der Waals surface area (Å²) in [5.41, 5.74) is 1.35. The van der Waals surface area contributed by atoms with Crippen molar-refractivity contribution in [2.45, 2.75) is 31.2 Å². The van der Waals surface area contributed by atoms with Crippen LogP contribution in [0.4, 0.5) is 24.7 Å². The van der Waals surface area contributed by atoms with E-state index in [4.69, 9.17) is 4.42 Å². The van der Waals surface area contributed by atoms with Crippen LogP contribution in [0.1, 0.15) is 40.3 Å². The third-order valence-corrected chi connectivity index (χ3v) is 7.11. The molecular weight excluding hydrogens is 605 g/mol. The molecule has 0 saturated carbocycles. The number of carbonyl (C=O) groups excluding carboxylic acids is 1. The van der Waals surface area contributed by atoms with Gasteiger partial charge in [0, 0.05) is 12.1 Å². The lowest BCUT2D eigenvalue weighted by atomic mass is 10.0. The molecule has 5 rings (SSSR count). The van der Waals surface area contributed by atoms with Crippen molar-refractivity contribution in [3.8, 4) is 0 Å². The molecule has 2 aromatic carbocycles. The van der Waals surface area contributed by atoms with Gasteiger partial charge in [-0.05, 0) is 61.7 Å². The van der Waals surface area contributed by atoms with Gasteiger partial charge in [0.2, 0.25) is 0 Å². The maximum absolute atomic E-state index is 14.1. The number of para-hydroxylation sites is 1. The molecule has 36 heavy (non-hydrogen) atoms. The Morgan fingerprint density at radius 3 is 2.33 bits per heavy atom. The molecule has 4 aromatic rings. The average molecular weight is 624 g/mol. The van der Waals surface area contributed by atoms with Gasteiger partial charge in [0.15, 0.2) is 16.4 Å². The van der Waals surface area contributed by atoms with E-state index in [-0.39, 0.29) is 29.0 Å². The number of rotatable bonds is 5. The Balaban J connectivity index is 1.56. The normalized spacial score (nSPS) is 17.4. The van der Waals surface area contributed by atoms with Crippen LogP contribution in [0.2, 0.25) is 0 Å². The fourth-order valence-electron chi connectivity index (χ4n) is 4.21. The highest BCUT2D eigenvalue weighted by molar-refractivity contribution is 9.10. The van der Waals surface area contributed by atoms with Crippen molar-refractivity contribution in [2.24, 2.45) is 0 Å². The zero-order valence-electron chi connectivity index (χ0n) is 18.5. The average Bonchev–Trinajstić information content (AvgIpc) is 3.45. The van der Waals surface area contributed by atoms with Crippen molar-refractivity contribution in [2.75, 3.05) is 10.2 Å². The maximum atomic E-state index is 14.1. The molecular formula is C25H19Br2F3N4O2. The molecule has 186 valence electrons. The number of benzene rings is 2. The van der Waals surface area contributed by atoms with E-state index in [2.05, 4.69) is 42.3 Å². The Bertz CT molecular complexity index is 1370. The highest BCUT2D eigenvalue weighted by Crippen LogP contribution is 2.47. The van der Waals surface area contributed by atoms with Crippen LogP contribution in [0.3, 0.4) is 0 Å². The number of nitrogens with zero attached hydrogens (tertiary/aromatic N) is 3. The largest absolute Gasteiger partial charge is 0.452 e. The van der Waals surface area contributed by atoms with E-state index in [0.717, 1.165) is 10.2 Å². The predicted molar refractivity (Wildman–Crippen MR) is 136 cm³/mol. The standard InChI is InChI=1S/C25H19Br2F3N4O2/c26-20-12-11-18(36-20)17-13-19(25(28,29)30)34-23(31-17)21(27)22(32-34)24(35)33(16-9-5-2-6-10-16)14-15-7-3-1-4-8-15/h1-12,17,19,31H,13-14H2. The minimum atomic E-state index is -4.59. The minimum Gasteiger partial charge on any atom is -0.452 e. The topological polar surface area (TPSA) is 63.3 Å². The van der Waals surface area contributed by atoms with Crippen LogP contribution < -0.4 is 10.2 Å². The van der Waals surface area contributed by atoms with Gasteiger partial charge >= 0.3 is 6.18 Å². The number of amides is 1. The molecule has 2 unspecified atom stereocenters. The molecule has 0 fully saturated rings. The molecule has 2 aromatic heterocycles. The summed E-state index contributed by atoms with van der Waals surface area (Å²) in [6.45, 7) is 0.220. The maximum Gasteiger partial charge on any atom is 0.410 e. The molecule has 3 heterocycles. The van der Waals surface area contributed by atoms with Gasteiger partial charge in [-0.2, -0.15) is 18.3 Å². The number of fused-ring (bicyclic) bond motifs is 1. The molecule has 2 atom stereocenters. The number of nitrogens with one attached hydrogen (secondary N) is 1. The number of halogens is 5. The van der Waals surface area contributed by atoms with Gasteiger partial charge in [0.25, 0.3) is 5.91 Å². The first kappa shape index (κ1) is 24.6. The van der Waals surface area contributed by atoms with E-state index >= 15 is 0 Å². The molecule has 0 saturated heterocycles. The van der Waals surface area contributed by atoms with Gasteiger partial charge in [0.1, 0.15) is 11.6 Å². The second-order valence-corrected chi connectivity index (χ2v) is 9.87. The van der Waals surface area contributed by atoms with Gasteiger partial charge in [-0.15, -0.1) is 0 Å². The second kappa shape index (κ2) is 9.78. The van der Waals surface area contributed by atoms with E-state index in [1.54, 1.807) is 36.4 Å². The van der Waals surface area contributed by atoms with E-state index in [0.29, 0.717) is 16.1 Å². The number of hydrogen-bond donors (Lipinski definition) is 1. The molecule has 0 bridgehead atoms. The molecule has 6 nitrogen and oxygen atoms in total. The van der Waals surface area contributed by atoms with Crippen LogP contribution in [-0.4, -0.2) is 21.9 Å². The Hall–Kier alpha value is -3.05. The lowest BCUT2D eigenvalue weighted by Crippen LogP contribution is -2.36. The minimum absolute atomic E-state index is 0.0668. The molecule has 1 aliphatic rings. The summed E-state index contributed by atoms with van der Waals surface area (Å²) < 4.78 is 49.3. The lowest BCUT2D eigenvalue weighted by Gasteiger charge is -2.32. The van der Waals surface area contributed by atoms with Crippen molar-refractivity contribution in [1.82, 2.24) is 9.78 Å². The van der Waals surface area contributed by atoms with Gasteiger partial charge in [-0.25, -0.2) is 4.68 Å². The number of carbonyl (C=O) groups is 1. The summed E-state index contributed by atoms with van der Waals surface area (Å²) in [5, 5.41) is 7.24. The Kier molecular flexibility index (Phi) is 6.69. The van der Waals surface area contributed by atoms with Crippen molar-refractivity contribution < 1.29 is 22.4 Å². The van der Waals surface area contributed by atoms with Crippen LogP contribution in [0.25, 0.3) is 0 Å². The van der Waals surface area contributed by atoms with E-state index < -0.39 is 24.2 Å². The van der Waals surface area contributed by atoms with Gasteiger partial charge < -0.3 is 14.6 Å². The lowest BCUT2D eigenvalue weighted by molar-refractivity contribution is -0.174. The molecule has 0 spiro atoms. The number of hydrogen-bond acceptors (Lipinski definition) is 4. The number of furan rings is 1.